The van der Waals surface area contributed by atoms with Gasteiger partial charge in [0.1, 0.15) is 0 Å². The third kappa shape index (κ3) is 1.24. The molecule has 1 heterocycles. The fourth-order valence-corrected chi connectivity index (χ4v) is 1.50. The zero-order valence-corrected chi connectivity index (χ0v) is 7.89. The summed E-state index contributed by atoms with van der Waals surface area (Å²) in [6.07, 6.45) is 2.02. The molecular weight excluding hydrogens is 154 g/mol. The lowest BCUT2D eigenvalue weighted by Gasteiger charge is -2.35. The first kappa shape index (κ1) is 9.23. The summed E-state index contributed by atoms with van der Waals surface area (Å²) in [7, 11) is 1.57. The maximum atomic E-state index is 11.6. The van der Waals surface area contributed by atoms with Crippen LogP contribution in [0, 0.1) is 5.41 Å². The maximum Gasteiger partial charge on any atom is 0.234 e. The summed E-state index contributed by atoms with van der Waals surface area (Å²) in [6.45, 7) is 3.92. The second-order valence-electron chi connectivity index (χ2n) is 3.67. The smallest absolute Gasteiger partial charge is 0.234 e. The molecule has 0 radical (unpaired) electrons. The van der Waals surface area contributed by atoms with Crippen molar-refractivity contribution in [3.8, 4) is 0 Å². The molecule has 0 N–H and O–H groups in total. The number of likely N-dealkylation sites (tertiary alicyclic amines) is 1. The summed E-state index contributed by atoms with van der Waals surface area (Å²) in [5.74, 6) is -0.0767. The molecule has 3 nitrogen and oxygen atoms in total. The highest BCUT2D eigenvalue weighted by atomic mass is 16.2. The van der Waals surface area contributed by atoms with Gasteiger partial charge in [0.25, 0.3) is 0 Å². The Labute approximate surface area is 72.7 Å². The van der Waals surface area contributed by atoms with Gasteiger partial charge in [-0.1, -0.05) is 13.8 Å². The van der Waals surface area contributed by atoms with E-state index in [2.05, 4.69) is 0 Å². The van der Waals surface area contributed by atoms with Crippen molar-refractivity contribution in [1.82, 2.24) is 4.90 Å². The summed E-state index contributed by atoms with van der Waals surface area (Å²) in [5.41, 5.74) is -0.303. The minimum Gasteiger partial charge on any atom is -0.285 e. The first-order chi connectivity index (χ1) is 5.51. The van der Waals surface area contributed by atoms with Gasteiger partial charge in [0, 0.05) is 18.9 Å². The Morgan fingerprint density at radius 1 is 1.50 bits per heavy atom. The van der Waals surface area contributed by atoms with E-state index in [0.29, 0.717) is 12.8 Å². The number of nitrogens with zero attached hydrogens (tertiary/aromatic N) is 1. The number of piperidine rings is 1. The van der Waals surface area contributed by atoms with Crippen molar-refractivity contribution in [3.63, 3.8) is 0 Å². The van der Waals surface area contributed by atoms with E-state index in [4.69, 9.17) is 0 Å². The lowest BCUT2D eigenvalue weighted by molar-refractivity contribution is -0.155. The molecule has 1 saturated heterocycles. The van der Waals surface area contributed by atoms with Crippen LogP contribution in [0.25, 0.3) is 0 Å². The predicted octanol–water partition coefficient (Wildman–Crippen LogP) is 1.18. The molecular formula is C9H15NO2. The first-order valence-corrected chi connectivity index (χ1v) is 4.32. The van der Waals surface area contributed by atoms with Crippen LogP contribution in [0.15, 0.2) is 0 Å². The molecule has 12 heavy (non-hydrogen) atoms. The lowest BCUT2D eigenvalue weighted by Crippen LogP contribution is -2.47. The van der Waals surface area contributed by atoms with E-state index >= 15 is 0 Å². The van der Waals surface area contributed by atoms with Crippen LogP contribution in [-0.2, 0) is 9.59 Å². The van der Waals surface area contributed by atoms with Crippen molar-refractivity contribution >= 4 is 11.8 Å². The lowest BCUT2D eigenvalue weighted by atomic mass is 9.79. The SMILES string of the molecule is CCC1(C)CCC(=O)N(C)C1=O. The zero-order chi connectivity index (χ0) is 9.35. The second-order valence-corrected chi connectivity index (χ2v) is 3.67. The highest BCUT2D eigenvalue weighted by Gasteiger charge is 2.40. The summed E-state index contributed by atoms with van der Waals surface area (Å²) in [6, 6.07) is 0. The minimum absolute atomic E-state index is 0.0266. The molecule has 3 heteroatoms. The number of imide groups is 1. The van der Waals surface area contributed by atoms with Gasteiger partial charge in [-0.05, 0) is 12.8 Å². The molecule has 0 aromatic carbocycles. The number of carbonyl (C=O) groups is 2. The van der Waals surface area contributed by atoms with E-state index in [9.17, 15) is 9.59 Å². The van der Waals surface area contributed by atoms with E-state index in [-0.39, 0.29) is 17.2 Å². The molecule has 1 aliphatic rings. The summed E-state index contributed by atoms with van der Waals surface area (Å²) >= 11 is 0. The van der Waals surface area contributed by atoms with Gasteiger partial charge in [-0.25, -0.2) is 0 Å². The molecule has 0 aromatic rings. The van der Waals surface area contributed by atoms with Gasteiger partial charge in [-0.15, -0.1) is 0 Å². The molecule has 1 fully saturated rings. The van der Waals surface area contributed by atoms with E-state index in [1.165, 1.54) is 4.90 Å². The monoisotopic (exact) mass is 169 g/mol. The molecule has 1 atom stereocenters. The van der Waals surface area contributed by atoms with Crippen molar-refractivity contribution in [1.29, 1.82) is 0 Å². The van der Waals surface area contributed by atoms with Crippen molar-refractivity contribution in [2.24, 2.45) is 5.41 Å². The Morgan fingerprint density at radius 3 is 2.58 bits per heavy atom. The van der Waals surface area contributed by atoms with Gasteiger partial charge in [0.15, 0.2) is 0 Å². The molecule has 1 rings (SSSR count). The molecule has 0 spiro atoms. The van der Waals surface area contributed by atoms with Gasteiger partial charge in [-0.2, -0.15) is 0 Å². The fraction of sp³-hybridized carbons (Fsp3) is 0.778. The molecule has 1 aliphatic heterocycles. The quantitative estimate of drug-likeness (QED) is 0.553. The predicted molar refractivity (Wildman–Crippen MR) is 45.4 cm³/mol. The molecule has 0 saturated carbocycles. The molecule has 0 aromatic heterocycles. The number of hydrogen-bond donors (Lipinski definition) is 0. The number of amides is 2. The van der Waals surface area contributed by atoms with E-state index < -0.39 is 0 Å². The van der Waals surface area contributed by atoms with Crippen LogP contribution in [0.1, 0.15) is 33.1 Å². The Kier molecular flexibility index (Phi) is 2.22. The molecule has 0 bridgehead atoms. The zero-order valence-electron chi connectivity index (χ0n) is 7.89. The number of hydrogen-bond acceptors (Lipinski definition) is 2. The minimum atomic E-state index is -0.303. The summed E-state index contributed by atoms with van der Waals surface area (Å²) in [4.78, 5) is 24.0. The van der Waals surface area contributed by atoms with Crippen molar-refractivity contribution in [2.45, 2.75) is 33.1 Å². The average molecular weight is 169 g/mol. The Morgan fingerprint density at radius 2 is 2.08 bits per heavy atom. The molecule has 1 unspecified atom stereocenters. The summed E-state index contributed by atoms with van der Waals surface area (Å²) in [5, 5.41) is 0. The third-order valence-corrected chi connectivity index (χ3v) is 2.87. The van der Waals surface area contributed by atoms with Crippen LogP contribution in [0.2, 0.25) is 0 Å². The first-order valence-electron chi connectivity index (χ1n) is 4.32. The molecule has 68 valence electrons. The number of rotatable bonds is 1. The van der Waals surface area contributed by atoms with E-state index in [1.807, 2.05) is 13.8 Å². The third-order valence-electron chi connectivity index (χ3n) is 2.87. The van der Waals surface area contributed by atoms with Crippen molar-refractivity contribution in [3.05, 3.63) is 0 Å². The highest BCUT2D eigenvalue weighted by molar-refractivity contribution is 6.00. The van der Waals surface area contributed by atoms with Crippen molar-refractivity contribution in [2.75, 3.05) is 7.05 Å². The average Bonchev–Trinajstić information content (AvgIpc) is 2.09. The second kappa shape index (κ2) is 2.88. The van der Waals surface area contributed by atoms with Crippen LogP contribution < -0.4 is 0 Å². The van der Waals surface area contributed by atoms with Gasteiger partial charge in [-0.3, -0.25) is 14.5 Å². The van der Waals surface area contributed by atoms with E-state index in [1.54, 1.807) is 7.05 Å². The fourth-order valence-electron chi connectivity index (χ4n) is 1.50. The summed E-state index contributed by atoms with van der Waals surface area (Å²) < 4.78 is 0. The van der Waals surface area contributed by atoms with Gasteiger partial charge in [0.05, 0.1) is 0 Å². The van der Waals surface area contributed by atoms with Crippen molar-refractivity contribution < 1.29 is 9.59 Å². The van der Waals surface area contributed by atoms with Crippen LogP contribution in [0.3, 0.4) is 0 Å². The number of carbonyl (C=O) groups excluding carboxylic acids is 2. The van der Waals surface area contributed by atoms with E-state index in [0.717, 1.165) is 6.42 Å². The Hall–Kier alpha value is -0.860. The van der Waals surface area contributed by atoms with Gasteiger partial charge in [0.2, 0.25) is 11.8 Å². The van der Waals surface area contributed by atoms with Crippen LogP contribution >= 0.6 is 0 Å². The normalized spacial score (nSPS) is 31.1. The van der Waals surface area contributed by atoms with Gasteiger partial charge >= 0.3 is 0 Å². The Bertz CT molecular complexity index is 225. The van der Waals surface area contributed by atoms with Crippen LogP contribution in [0.4, 0.5) is 0 Å². The standard InChI is InChI=1S/C9H15NO2/c1-4-9(2)6-5-7(11)10(3)8(9)12/h4-6H2,1-3H3. The molecule has 0 aliphatic carbocycles. The molecule has 2 amide bonds. The van der Waals surface area contributed by atoms with Gasteiger partial charge < -0.3 is 0 Å². The largest absolute Gasteiger partial charge is 0.285 e. The highest BCUT2D eigenvalue weighted by Crippen LogP contribution is 2.33. The maximum absolute atomic E-state index is 11.6. The van der Waals surface area contributed by atoms with Crippen LogP contribution in [0.5, 0.6) is 0 Å². The Balaban J connectivity index is 2.85. The topological polar surface area (TPSA) is 37.4 Å². The van der Waals surface area contributed by atoms with Crippen LogP contribution in [-0.4, -0.2) is 23.8 Å².